The maximum atomic E-state index is 13.4. The third-order valence-electron chi connectivity index (χ3n) is 2.87. The number of ether oxygens (including phenoxy) is 1. The lowest BCUT2D eigenvalue weighted by atomic mass is 9.93. The standard InChI is InChI=1S/C13H17FO3/c1-4-13(2,16)12(15)8-9-5-6-11(17-3)10(14)7-9/h5-7,16H,4,8H2,1-3H3. The van der Waals surface area contributed by atoms with E-state index in [1.807, 2.05) is 0 Å². The number of hydrogen-bond acceptors (Lipinski definition) is 3. The van der Waals surface area contributed by atoms with Crippen molar-refractivity contribution in [1.82, 2.24) is 0 Å². The number of carbonyl (C=O) groups is 1. The molecule has 17 heavy (non-hydrogen) atoms. The van der Waals surface area contributed by atoms with E-state index in [1.165, 1.54) is 26.2 Å². The van der Waals surface area contributed by atoms with Gasteiger partial charge < -0.3 is 9.84 Å². The average Bonchev–Trinajstić information content (AvgIpc) is 2.29. The molecule has 0 spiro atoms. The summed E-state index contributed by atoms with van der Waals surface area (Å²) in [5.74, 6) is -0.679. The predicted molar refractivity (Wildman–Crippen MR) is 62.6 cm³/mol. The van der Waals surface area contributed by atoms with E-state index in [9.17, 15) is 14.3 Å². The van der Waals surface area contributed by atoms with Crippen LogP contribution in [0.1, 0.15) is 25.8 Å². The van der Waals surface area contributed by atoms with Crippen LogP contribution in [-0.2, 0) is 11.2 Å². The fraction of sp³-hybridized carbons (Fsp3) is 0.462. The van der Waals surface area contributed by atoms with Gasteiger partial charge in [-0.1, -0.05) is 13.0 Å². The Kier molecular flexibility index (Phi) is 4.23. The third kappa shape index (κ3) is 3.27. The number of carbonyl (C=O) groups excluding carboxylic acids is 1. The van der Waals surface area contributed by atoms with Crippen molar-refractivity contribution in [3.05, 3.63) is 29.6 Å². The molecule has 0 fully saturated rings. The van der Waals surface area contributed by atoms with Crippen molar-refractivity contribution in [2.45, 2.75) is 32.3 Å². The molecule has 0 aliphatic heterocycles. The third-order valence-corrected chi connectivity index (χ3v) is 2.87. The molecule has 0 heterocycles. The van der Waals surface area contributed by atoms with Crippen LogP contribution in [0.15, 0.2) is 18.2 Å². The van der Waals surface area contributed by atoms with Crippen molar-refractivity contribution in [3.63, 3.8) is 0 Å². The Morgan fingerprint density at radius 1 is 1.53 bits per heavy atom. The molecule has 1 unspecified atom stereocenters. The molecule has 1 aromatic rings. The molecule has 0 radical (unpaired) electrons. The first kappa shape index (κ1) is 13.6. The van der Waals surface area contributed by atoms with Crippen LogP contribution in [0.2, 0.25) is 0 Å². The second kappa shape index (κ2) is 5.27. The van der Waals surface area contributed by atoms with Gasteiger partial charge in [0.25, 0.3) is 0 Å². The van der Waals surface area contributed by atoms with E-state index in [2.05, 4.69) is 0 Å². The maximum Gasteiger partial charge on any atom is 0.168 e. The van der Waals surface area contributed by atoms with Gasteiger partial charge in [-0.2, -0.15) is 0 Å². The summed E-state index contributed by atoms with van der Waals surface area (Å²) in [6.07, 6.45) is 0.353. The maximum absolute atomic E-state index is 13.4. The summed E-state index contributed by atoms with van der Waals surface area (Å²) in [6, 6.07) is 4.34. The highest BCUT2D eigenvalue weighted by Crippen LogP contribution is 2.20. The molecule has 94 valence electrons. The van der Waals surface area contributed by atoms with Crippen molar-refractivity contribution < 1.29 is 19.0 Å². The van der Waals surface area contributed by atoms with Gasteiger partial charge in [0.1, 0.15) is 5.60 Å². The second-order valence-electron chi connectivity index (χ2n) is 4.20. The molecule has 3 nitrogen and oxygen atoms in total. The topological polar surface area (TPSA) is 46.5 Å². The smallest absolute Gasteiger partial charge is 0.168 e. The molecule has 1 N–H and O–H groups in total. The Morgan fingerprint density at radius 3 is 2.65 bits per heavy atom. The lowest BCUT2D eigenvalue weighted by Crippen LogP contribution is -2.35. The molecule has 0 aromatic heterocycles. The summed E-state index contributed by atoms with van der Waals surface area (Å²) < 4.78 is 18.2. The van der Waals surface area contributed by atoms with Crippen molar-refractivity contribution in [3.8, 4) is 5.75 Å². The number of Topliss-reactive ketones (excluding diaryl/α,β-unsaturated/α-hetero) is 1. The van der Waals surface area contributed by atoms with E-state index in [0.29, 0.717) is 12.0 Å². The molecule has 0 aliphatic carbocycles. The van der Waals surface area contributed by atoms with Crippen LogP contribution in [0.4, 0.5) is 4.39 Å². The van der Waals surface area contributed by atoms with Crippen molar-refractivity contribution in [1.29, 1.82) is 0 Å². The van der Waals surface area contributed by atoms with Gasteiger partial charge in [-0.05, 0) is 31.0 Å². The fourth-order valence-electron chi connectivity index (χ4n) is 1.39. The second-order valence-corrected chi connectivity index (χ2v) is 4.20. The summed E-state index contributed by atoms with van der Waals surface area (Å²) in [5.41, 5.74) is -0.821. The normalized spacial score (nSPS) is 14.2. The highest BCUT2D eigenvalue weighted by atomic mass is 19.1. The molecule has 4 heteroatoms. The Balaban J connectivity index is 2.83. The average molecular weight is 240 g/mol. The first-order valence-corrected chi connectivity index (χ1v) is 5.48. The highest BCUT2D eigenvalue weighted by Gasteiger charge is 2.27. The number of rotatable bonds is 5. The number of methoxy groups -OCH3 is 1. The Morgan fingerprint density at radius 2 is 2.18 bits per heavy atom. The van der Waals surface area contributed by atoms with Crippen molar-refractivity contribution in [2.75, 3.05) is 7.11 Å². The summed E-state index contributed by atoms with van der Waals surface area (Å²) in [7, 11) is 1.38. The van der Waals surface area contributed by atoms with Crippen LogP contribution in [-0.4, -0.2) is 23.6 Å². The highest BCUT2D eigenvalue weighted by molar-refractivity contribution is 5.88. The molecule has 1 rings (SSSR count). The SMILES string of the molecule is CCC(C)(O)C(=O)Cc1ccc(OC)c(F)c1. The number of halogens is 1. The predicted octanol–water partition coefficient (Wildman–Crippen LogP) is 2.11. The van der Waals surface area contributed by atoms with Gasteiger partial charge in [-0.15, -0.1) is 0 Å². The Hall–Kier alpha value is -1.42. The van der Waals surface area contributed by atoms with Crippen LogP contribution in [0.25, 0.3) is 0 Å². The zero-order valence-electron chi connectivity index (χ0n) is 10.3. The van der Waals surface area contributed by atoms with Gasteiger partial charge in [-0.3, -0.25) is 4.79 Å². The van der Waals surface area contributed by atoms with E-state index >= 15 is 0 Å². The first-order valence-electron chi connectivity index (χ1n) is 5.48. The molecule has 1 atom stereocenters. The molecular formula is C13H17FO3. The van der Waals surface area contributed by atoms with Gasteiger partial charge in [0, 0.05) is 6.42 Å². The molecule has 0 aliphatic rings. The number of aliphatic hydroxyl groups is 1. The number of hydrogen-bond donors (Lipinski definition) is 1. The molecular weight excluding hydrogens is 223 g/mol. The Labute approximate surface area is 100 Å². The van der Waals surface area contributed by atoms with Gasteiger partial charge in [-0.25, -0.2) is 4.39 Å². The minimum Gasteiger partial charge on any atom is -0.494 e. The van der Waals surface area contributed by atoms with Crippen LogP contribution in [0, 0.1) is 5.82 Å². The Bertz CT molecular complexity index is 413. The largest absolute Gasteiger partial charge is 0.494 e. The van der Waals surface area contributed by atoms with Gasteiger partial charge >= 0.3 is 0 Å². The van der Waals surface area contributed by atoms with Gasteiger partial charge in [0.15, 0.2) is 17.3 Å². The summed E-state index contributed by atoms with van der Waals surface area (Å²) in [6.45, 7) is 3.20. The van der Waals surface area contributed by atoms with Crippen LogP contribution in [0.5, 0.6) is 5.75 Å². The molecule has 0 saturated heterocycles. The van der Waals surface area contributed by atoms with Crippen molar-refractivity contribution in [2.24, 2.45) is 0 Å². The van der Waals surface area contributed by atoms with Crippen LogP contribution < -0.4 is 4.74 Å². The van der Waals surface area contributed by atoms with Gasteiger partial charge in [0.2, 0.25) is 0 Å². The minimum atomic E-state index is -1.35. The first-order chi connectivity index (χ1) is 7.90. The van der Waals surface area contributed by atoms with Crippen LogP contribution in [0.3, 0.4) is 0 Å². The quantitative estimate of drug-likeness (QED) is 0.857. The molecule has 0 bridgehead atoms. The molecule has 1 aromatic carbocycles. The van der Waals surface area contributed by atoms with E-state index in [1.54, 1.807) is 13.0 Å². The summed E-state index contributed by atoms with van der Waals surface area (Å²) in [4.78, 5) is 11.7. The van der Waals surface area contributed by atoms with Gasteiger partial charge in [0.05, 0.1) is 7.11 Å². The molecule has 0 amide bonds. The lowest BCUT2D eigenvalue weighted by Gasteiger charge is -2.19. The summed E-state index contributed by atoms with van der Waals surface area (Å²) in [5, 5.41) is 9.76. The molecule has 0 saturated carbocycles. The van der Waals surface area contributed by atoms with E-state index in [4.69, 9.17) is 4.74 Å². The van der Waals surface area contributed by atoms with E-state index in [-0.39, 0.29) is 18.0 Å². The number of ketones is 1. The number of benzene rings is 1. The fourth-order valence-corrected chi connectivity index (χ4v) is 1.39. The zero-order chi connectivity index (χ0) is 13.1. The summed E-state index contributed by atoms with van der Waals surface area (Å²) >= 11 is 0. The van der Waals surface area contributed by atoms with Crippen LogP contribution >= 0.6 is 0 Å². The van der Waals surface area contributed by atoms with E-state index in [0.717, 1.165) is 0 Å². The van der Waals surface area contributed by atoms with Crippen molar-refractivity contribution >= 4 is 5.78 Å². The van der Waals surface area contributed by atoms with E-state index < -0.39 is 11.4 Å². The minimum absolute atomic E-state index is 0.0156. The monoisotopic (exact) mass is 240 g/mol. The zero-order valence-corrected chi connectivity index (χ0v) is 10.3. The lowest BCUT2D eigenvalue weighted by molar-refractivity contribution is -0.135.